The molecular formula is C22H31NO4. The van der Waals surface area contributed by atoms with Gasteiger partial charge in [-0.25, -0.2) is 0 Å². The Morgan fingerprint density at radius 1 is 1.22 bits per heavy atom. The van der Waals surface area contributed by atoms with Gasteiger partial charge in [0.1, 0.15) is 11.3 Å². The smallest absolute Gasteiger partial charge is 0.220 e. The summed E-state index contributed by atoms with van der Waals surface area (Å²) in [5.74, 6) is 1.52. The van der Waals surface area contributed by atoms with Crippen LogP contribution in [0, 0.1) is 11.3 Å². The molecule has 1 amide bonds. The van der Waals surface area contributed by atoms with E-state index in [1.165, 1.54) is 0 Å². The van der Waals surface area contributed by atoms with Gasteiger partial charge in [-0.2, -0.15) is 0 Å². The highest BCUT2D eigenvalue weighted by Gasteiger charge is 2.30. The lowest BCUT2D eigenvalue weighted by Crippen LogP contribution is -2.26. The lowest BCUT2D eigenvalue weighted by molar-refractivity contribution is -0.121. The van der Waals surface area contributed by atoms with Gasteiger partial charge in [0.05, 0.1) is 7.11 Å². The van der Waals surface area contributed by atoms with Crippen molar-refractivity contribution >= 4 is 22.7 Å². The number of nitrogens with one attached hydrogen (secondary N) is 1. The predicted octanol–water partition coefficient (Wildman–Crippen LogP) is 4.77. The number of fused-ring (bicyclic) bond motifs is 1. The number of carbonyl (C=O) groups is 2. The molecule has 0 saturated heterocycles. The number of Topliss-reactive ketones (excluding diaryl/α,β-unsaturated/α-hetero) is 1. The molecule has 0 fully saturated rings. The van der Waals surface area contributed by atoms with Crippen molar-refractivity contribution in [2.24, 2.45) is 11.3 Å². The first-order valence-corrected chi connectivity index (χ1v) is 9.54. The Hall–Kier alpha value is -2.30. The number of aryl methyl sites for hydroxylation is 1. The third kappa shape index (κ3) is 5.34. The van der Waals surface area contributed by atoms with E-state index in [2.05, 4.69) is 19.2 Å². The standard InChI is InChI=1S/C22H31NO4/c1-14(2)11-12-23-19(24)10-8-16-17-13-15(26-6)7-9-18(17)27-20(16)21(25)22(3,4)5/h7,9,13-14H,8,10-12H2,1-6H3,(H,23,24). The van der Waals surface area contributed by atoms with Crippen LogP contribution in [0.4, 0.5) is 0 Å². The molecule has 27 heavy (non-hydrogen) atoms. The van der Waals surface area contributed by atoms with E-state index in [0.29, 0.717) is 42.4 Å². The maximum absolute atomic E-state index is 12.9. The summed E-state index contributed by atoms with van der Waals surface area (Å²) in [5.41, 5.74) is 0.855. The van der Waals surface area contributed by atoms with Crippen molar-refractivity contribution in [1.29, 1.82) is 0 Å². The van der Waals surface area contributed by atoms with Gasteiger partial charge in [0, 0.05) is 29.3 Å². The number of benzene rings is 1. The molecule has 148 valence electrons. The van der Waals surface area contributed by atoms with Crippen LogP contribution in [0.2, 0.25) is 0 Å². The van der Waals surface area contributed by atoms with E-state index >= 15 is 0 Å². The van der Waals surface area contributed by atoms with Gasteiger partial charge >= 0.3 is 0 Å². The number of carbonyl (C=O) groups excluding carboxylic acids is 2. The second kappa shape index (κ2) is 8.59. The van der Waals surface area contributed by atoms with E-state index in [-0.39, 0.29) is 11.7 Å². The minimum atomic E-state index is -0.563. The molecule has 0 aliphatic rings. The first kappa shape index (κ1) is 21.0. The van der Waals surface area contributed by atoms with Crippen molar-refractivity contribution < 1.29 is 18.7 Å². The Morgan fingerprint density at radius 2 is 1.93 bits per heavy atom. The van der Waals surface area contributed by atoms with Crippen molar-refractivity contribution in [2.75, 3.05) is 13.7 Å². The summed E-state index contributed by atoms with van der Waals surface area (Å²) in [6, 6.07) is 5.48. The molecule has 5 nitrogen and oxygen atoms in total. The average Bonchev–Trinajstić information content (AvgIpc) is 2.95. The second-order valence-corrected chi connectivity index (χ2v) is 8.38. The summed E-state index contributed by atoms with van der Waals surface area (Å²) in [4.78, 5) is 25.1. The topological polar surface area (TPSA) is 68.5 Å². The zero-order valence-corrected chi connectivity index (χ0v) is 17.3. The summed E-state index contributed by atoms with van der Waals surface area (Å²) in [6.45, 7) is 10.5. The Bertz CT molecular complexity index is 812. The van der Waals surface area contributed by atoms with Crippen LogP contribution in [0.15, 0.2) is 22.6 Å². The SMILES string of the molecule is COc1ccc2oc(C(=O)C(C)(C)C)c(CCC(=O)NCCC(C)C)c2c1. The zero-order chi connectivity index (χ0) is 20.2. The minimum absolute atomic E-state index is 0.0120. The van der Waals surface area contributed by atoms with Crippen molar-refractivity contribution in [3.8, 4) is 5.75 Å². The molecule has 0 unspecified atom stereocenters. The first-order chi connectivity index (χ1) is 12.6. The first-order valence-electron chi connectivity index (χ1n) is 9.54. The Morgan fingerprint density at radius 3 is 2.52 bits per heavy atom. The van der Waals surface area contributed by atoms with Crippen LogP contribution in [-0.4, -0.2) is 25.3 Å². The molecule has 2 rings (SSSR count). The van der Waals surface area contributed by atoms with Gasteiger partial charge in [-0.1, -0.05) is 34.6 Å². The van der Waals surface area contributed by atoms with Crippen molar-refractivity contribution in [3.05, 3.63) is 29.5 Å². The van der Waals surface area contributed by atoms with Gasteiger partial charge in [-0.3, -0.25) is 9.59 Å². The Balaban J connectivity index is 2.28. The fraction of sp³-hybridized carbons (Fsp3) is 0.545. The van der Waals surface area contributed by atoms with Gasteiger partial charge in [-0.05, 0) is 37.0 Å². The molecule has 0 atom stereocenters. The van der Waals surface area contributed by atoms with Crippen LogP contribution < -0.4 is 10.1 Å². The summed E-state index contributed by atoms with van der Waals surface area (Å²) in [6.07, 6.45) is 1.71. The lowest BCUT2D eigenvalue weighted by Gasteiger charge is -2.15. The molecule has 1 N–H and O–H groups in total. The molecular weight excluding hydrogens is 342 g/mol. The van der Waals surface area contributed by atoms with Crippen LogP contribution in [0.1, 0.15) is 63.6 Å². The number of furan rings is 1. The second-order valence-electron chi connectivity index (χ2n) is 8.38. The van der Waals surface area contributed by atoms with Crippen LogP contribution in [0.5, 0.6) is 5.75 Å². The molecule has 1 aromatic heterocycles. The molecule has 0 radical (unpaired) electrons. The molecule has 1 aromatic carbocycles. The summed E-state index contributed by atoms with van der Waals surface area (Å²) in [7, 11) is 1.60. The van der Waals surface area contributed by atoms with Gasteiger partial charge < -0.3 is 14.5 Å². The van der Waals surface area contributed by atoms with Gasteiger partial charge in [0.25, 0.3) is 0 Å². The Labute approximate surface area is 161 Å². The lowest BCUT2D eigenvalue weighted by atomic mass is 9.87. The van der Waals surface area contributed by atoms with Gasteiger partial charge in [0.15, 0.2) is 5.76 Å². The largest absolute Gasteiger partial charge is 0.497 e. The molecule has 0 spiro atoms. The number of amides is 1. The number of rotatable bonds is 8. The quantitative estimate of drug-likeness (QED) is 0.677. The zero-order valence-electron chi connectivity index (χ0n) is 17.3. The van der Waals surface area contributed by atoms with Crippen LogP contribution in [-0.2, 0) is 11.2 Å². The molecule has 0 aliphatic heterocycles. The summed E-state index contributed by atoms with van der Waals surface area (Å²) < 4.78 is 11.2. The fourth-order valence-corrected chi connectivity index (χ4v) is 2.85. The molecule has 2 aromatic rings. The normalized spacial score (nSPS) is 11.8. The molecule has 1 heterocycles. The summed E-state index contributed by atoms with van der Waals surface area (Å²) >= 11 is 0. The van der Waals surface area contributed by atoms with E-state index in [1.54, 1.807) is 19.2 Å². The third-order valence-corrected chi connectivity index (χ3v) is 4.53. The van der Waals surface area contributed by atoms with E-state index in [9.17, 15) is 9.59 Å². The van der Waals surface area contributed by atoms with Crippen LogP contribution in [0.3, 0.4) is 0 Å². The number of hydrogen-bond acceptors (Lipinski definition) is 4. The van der Waals surface area contributed by atoms with E-state index in [1.807, 2.05) is 26.8 Å². The Kier molecular flexibility index (Phi) is 6.68. The van der Waals surface area contributed by atoms with Gasteiger partial charge in [-0.15, -0.1) is 0 Å². The third-order valence-electron chi connectivity index (χ3n) is 4.53. The molecule has 0 aliphatic carbocycles. The highest BCUT2D eigenvalue weighted by atomic mass is 16.5. The van der Waals surface area contributed by atoms with Crippen LogP contribution >= 0.6 is 0 Å². The maximum atomic E-state index is 12.9. The van der Waals surface area contributed by atoms with E-state index in [4.69, 9.17) is 9.15 Å². The predicted molar refractivity (Wildman–Crippen MR) is 107 cm³/mol. The van der Waals surface area contributed by atoms with Crippen molar-refractivity contribution in [3.63, 3.8) is 0 Å². The number of ketones is 1. The molecule has 5 heteroatoms. The minimum Gasteiger partial charge on any atom is -0.497 e. The average molecular weight is 373 g/mol. The van der Waals surface area contributed by atoms with Gasteiger partial charge in [0.2, 0.25) is 11.7 Å². The summed E-state index contributed by atoms with van der Waals surface area (Å²) in [5, 5.41) is 3.78. The fourth-order valence-electron chi connectivity index (χ4n) is 2.85. The number of ether oxygens (including phenoxy) is 1. The van der Waals surface area contributed by atoms with E-state index < -0.39 is 5.41 Å². The molecule has 0 bridgehead atoms. The monoisotopic (exact) mass is 373 g/mol. The van der Waals surface area contributed by atoms with Crippen molar-refractivity contribution in [1.82, 2.24) is 5.32 Å². The number of methoxy groups -OCH3 is 1. The molecule has 0 saturated carbocycles. The van der Waals surface area contributed by atoms with Crippen molar-refractivity contribution in [2.45, 2.75) is 53.9 Å². The number of hydrogen-bond donors (Lipinski definition) is 1. The highest BCUT2D eigenvalue weighted by molar-refractivity contribution is 6.03. The van der Waals surface area contributed by atoms with Crippen LogP contribution in [0.25, 0.3) is 11.0 Å². The van der Waals surface area contributed by atoms with E-state index in [0.717, 1.165) is 17.4 Å². The highest BCUT2D eigenvalue weighted by Crippen LogP contribution is 2.34. The maximum Gasteiger partial charge on any atom is 0.220 e.